The Balaban J connectivity index is 2.04. The first-order valence-corrected chi connectivity index (χ1v) is 8.79. The maximum Gasteiger partial charge on any atom is 0.331 e. The van der Waals surface area contributed by atoms with Gasteiger partial charge in [-0.3, -0.25) is 4.79 Å². The van der Waals surface area contributed by atoms with Crippen molar-refractivity contribution in [3.8, 4) is 0 Å². The summed E-state index contributed by atoms with van der Waals surface area (Å²) in [7, 11) is 0. The van der Waals surface area contributed by atoms with Crippen molar-refractivity contribution in [1.82, 2.24) is 10.3 Å². The van der Waals surface area contributed by atoms with Gasteiger partial charge in [0.25, 0.3) is 11.8 Å². The number of carbonyl (C=O) groups excluding carboxylic acids is 1. The molecule has 7 nitrogen and oxygen atoms in total. The first-order valence-electron chi connectivity index (χ1n) is 8.79. The molecule has 2 atom stereocenters. The Kier molecular flexibility index (Phi) is 5.73. The van der Waals surface area contributed by atoms with Crippen LogP contribution in [-0.4, -0.2) is 41.7 Å². The molecule has 6 N–H and O–H groups in total. The number of allylic oxidation sites excluding steroid dienone is 1. The van der Waals surface area contributed by atoms with Gasteiger partial charge in [0, 0.05) is 42.6 Å². The van der Waals surface area contributed by atoms with Gasteiger partial charge < -0.3 is 22.1 Å². The molecule has 29 heavy (non-hydrogen) atoms. The number of pyridine rings is 1. The van der Waals surface area contributed by atoms with Crippen LogP contribution in [0.4, 0.5) is 27.8 Å². The van der Waals surface area contributed by atoms with Crippen LogP contribution in [0.15, 0.2) is 11.2 Å². The van der Waals surface area contributed by atoms with E-state index >= 15 is 0 Å². The molecule has 1 fully saturated rings. The van der Waals surface area contributed by atoms with E-state index in [9.17, 15) is 26.7 Å². The molecule has 2 heterocycles. The Labute approximate surface area is 162 Å². The SMILES string of the molecule is NC=C(C=NC(F)F)c1nc(NC2CCCC(F)(F)[C@@H]2N)c(F)c2c1C(=O)NC2. The smallest absolute Gasteiger partial charge is 0.331 e. The number of alkyl halides is 4. The van der Waals surface area contributed by atoms with Crippen molar-refractivity contribution in [2.45, 2.75) is 50.4 Å². The highest BCUT2D eigenvalue weighted by Crippen LogP contribution is 2.35. The third-order valence-corrected chi connectivity index (χ3v) is 4.94. The number of carbonyl (C=O) groups is 1. The molecular weight excluding hydrogens is 399 g/mol. The Bertz CT molecular complexity index is 872. The Hall–Kier alpha value is -2.76. The number of amides is 1. The molecule has 158 valence electrons. The van der Waals surface area contributed by atoms with Crippen LogP contribution in [0, 0.1) is 5.82 Å². The van der Waals surface area contributed by atoms with E-state index in [0.29, 0.717) is 6.21 Å². The molecule has 1 unspecified atom stereocenters. The number of hydrogen-bond donors (Lipinski definition) is 4. The van der Waals surface area contributed by atoms with Crippen molar-refractivity contribution in [2.24, 2.45) is 16.5 Å². The summed E-state index contributed by atoms with van der Waals surface area (Å²) in [5.41, 5.74) is 10.5. The number of nitrogens with two attached hydrogens (primary N) is 2. The number of nitrogens with one attached hydrogen (secondary N) is 2. The van der Waals surface area contributed by atoms with Crippen LogP contribution in [0.2, 0.25) is 0 Å². The summed E-state index contributed by atoms with van der Waals surface area (Å²) in [5, 5.41) is 5.00. The fraction of sp³-hybridized carbons (Fsp3) is 0.471. The number of nitrogens with zero attached hydrogens (tertiary/aromatic N) is 2. The van der Waals surface area contributed by atoms with E-state index in [0.717, 1.165) is 6.20 Å². The average Bonchev–Trinajstić information content (AvgIpc) is 3.04. The largest absolute Gasteiger partial charge is 0.404 e. The van der Waals surface area contributed by atoms with Crippen LogP contribution in [0.5, 0.6) is 0 Å². The monoisotopic (exact) mass is 418 g/mol. The van der Waals surface area contributed by atoms with Crippen LogP contribution < -0.4 is 22.1 Å². The molecule has 12 heteroatoms. The molecule has 0 spiro atoms. The van der Waals surface area contributed by atoms with Gasteiger partial charge in [0.2, 0.25) is 0 Å². The minimum atomic E-state index is -3.13. The van der Waals surface area contributed by atoms with Crippen LogP contribution in [0.1, 0.15) is 40.9 Å². The lowest BCUT2D eigenvalue weighted by Gasteiger charge is -2.36. The van der Waals surface area contributed by atoms with Gasteiger partial charge >= 0.3 is 6.55 Å². The van der Waals surface area contributed by atoms with E-state index in [1.807, 2.05) is 0 Å². The fourth-order valence-corrected chi connectivity index (χ4v) is 3.44. The highest BCUT2D eigenvalue weighted by Gasteiger charge is 2.45. The van der Waals surface area contributed by atoms with Crippen molar-refractivity contribution >= 4 is 23.5 Å². The summed E-state index contributed by atoms with van der Waals surface area (Å²) in [6, 6.07) is -2.55. The molecule has 1 amide bonds. The van der Waals surface area contributed by atoms with Crippen molar-refractivity contribution in [3.05, 3.63) is 28.8 Å². The number of hydrogen-bond acceptors (Lipinski definition) is 6. The second-order valence-corrected chi connectivity index (χ2v) is 6.77. The topological polar surface area (TPSA) is 118 Å². The van der Waals surface area contributed by atoms with E-state index in [1.165, 1.54) is 0 Å². The zero-order valence-electron chi connectivity index (χ0n) is 15.1. The summed E-state index contributed by atoms with van der Waals surface area (Å²) < 4.78 is 67.6. The van der Waals surface area contributed by atoms with E-state index in [4.69, 9.17) is 11.5 Å². The molecule has 0 bridgehead atoms. The number of aliphatic imine (C=N–C) groups is 1. The Morgan fingerprint density at radius 2 is 2.14 bits per heavy atom. The number of rotatable bonds is 5. The molecule has 3 rings (SSSR count). The third kappa shape index (κ3) is 4.02. The molecule has 1 saturated carbocycles. The standard InChI is InChI=1S/C17H19F5N6O/c18-11-8-6-25-15(29)10(8)12(7(4-23)5-26-16(19)20)28-14(11)27-9-2-1-3-17(21,22)13(9)24/h4-5,9,13,16H,1-3,6,23-24H2,(H,25,29)(H,27,28)/t9?,13-/m1/s1. The number of aromatic nitrogens is 1. The van der Waals surface area contributed by atoms with Gasteiger partial charge in [0.15, 0.2) is 11.6 Å². The average molecular weight is 418 g/mol. The Morgan fingerprint density at radius 1 is 1.41 bits per heavy atom. The van der Waals surface area contributed by atoms with Gasteiger partial charge in [-0.15, -0.1) is 0 Å². The maximum atomic E-state index is 14.9. The van der Waals surface area contributed by atoms with Crippen molar-refractivity contribution in [1.29, 1.82) is 0 Å². The molecule has 0 aromatic carbocycles. The number of fused-ring (bicyclic) bond motifs is 1. The molecule has 1 aromatic heterocycles. The summed E-state index contributed by atoms with van der Waals surface area (Å²) in [4.78, 5) is 19.0. The summed E-state index contributed by atoms with van der Waals surface area (Å²) >= 11 is 0. The Morgan fingerprint density at radius 3 is 2.79 bits per heavy atom. The van der Waals surface area contributed by atoms with Gasteiger partial charge in [-0.2, -0.15) is 8.78 Å². The van der Waals surface area contributed by atoms with Crippen molar-refractivity contribution in [3.63, 3.8) is 0 Å². The maximum absolute atomic E-state index is 14.9. The predicted molar refractivity (Wildman–Crippen MR) is 96.2 cm³/mol. The minimum absolute atomic E-state index is 0.0801. The van der Waals surface area contributed by atoms with E-state index in [2.05, 4.69) is 20.6 Å². The van der Waals surface area contributed by atoms with Gasteiger partial charge in [-0.1, -0.05) is 0 Å². The summed E-state index contributed by atoms with van der Waals surface area (Å²) in [6.07, 6.45) is 1.66. The third-order valence-electron chi connectivity index (χ3n) is 4.94. The van der Waals surface area contributed by atoms with Crippen LogP contribution >= 0.6 is 0 Å². The molecule has 0 radical (unpaired) electrons. The van der Waals surface area contributed by atoms with Gasteiger partial charge in [0.1, 0.15) is 0 Å². The van der Waals surface area contributed by atoms with Gasteiger partial charge in [-0.25, -0.2) is 23.1 Å². The fourth-order valence-electron chi connectivity index (χ4n) is 3.44. The minimum Gasteiger partial charge on any atom is -0.404 e. The van der Waals surface area contributed by atoms with E-state index in [1.54, 1.807) is 0 Å². The van der Waals surface area contributed by atoms with Crippen LogP contribution in [0.25, 0.3) is 5.57 Å². The van der Waals surface area contributed by atoms with Gasteiger partial charge in [-0.05, 0) is 12.8 Å². The van der Waals surface area contributed by atoms with E-state index in [-0.39, 0.29) is 48.2 Å². The molecule has 1 aliphatic heterocycles. The highest BCUT2D eigenvalue weighted by atomic mass is 19.3. The number of halogens is 5. The molecule has 0 saturated heterocycles. The van der Waals surface area contributed by atoms with E-state index < -0.39 is 42.1 Å². The lowest BCUT2D eigenvalue weighted by atomic mass is 9.87. The van der Waals surface area contributed by atoms with Crippen molar-refractivity contribution < 1.29 is 26.7 Å². The van der Waals surface area contributed by atoms with Crippen LogP contribution in [0.3, 0.4) is 0 Å². The highest BCUT2D eigenvalue weighted by molar-refractivity contribution is 6.14. The predicted octanol–water partition coefficient (Wildman–Crippen LogP) is 1.98. The molecule has 1 aromatic rings. The van der Waals surface area contributed by atoms with Crippen molar-refractivity contribution in [2.75, 3.05) is 5.32 Å². The first kappa shape index (κ1) is 21.0. The normalized spacial score (nSPS) is 24.1. The molecule has 2 aliphatic rings. The molecular formula is C17H19F5N6O. The molecule has 1 aliphatic carbocycles. The zero-order valence-corrected chi connectivity index (χ0v) is 15.1. The lowest BCUT2D eigenvalue weighted by molar-refractivity contribution is -0.0555. The number of anilines is 1. The summed E-state index contributed by atoms with van der Waals surface area (Å²) in [6.45, 7) is -3.21. The second kappa shape index (κ2) is 7.93. The van der Waals surface area contributed by atoms with Gasteiger partial charge in [0.05, 0.1) is 17.3 Å². The lowest BCUT2D eigenvalue weighted by Crippen LogP contribution is -2.55. The second-order valence-electron chi connectivity index (χ2n) is 6.77. The quantitative estimate of drug-likeness (QED) is 0.331. The summed E-state index contributed by atoms with van der Waals surface area (Å²) in [5.74, 6) is -5.13. The van der Waals surface area contributed by atoms with Crippen LogP contribution in [-0.2, 0) is 6.54 Å². The zero-order chi connectivity index (χ0) is 21.3. The first-order chi connectivity index (χ1) is 13.7.